The first-order valence-corrected chi connectivity index (χ1v) is 6.65. The Morgan fingerprint density at radius 3 is 2.78 bits per heavy atom. The summed E-state index contributed by atoms with van der Waals surface area (Å²) < 4.78 is 10.5. The molecule has 3 heteroatoms. The highest BCUT2D eigenvalue weighted by Gasteiger charge is 2.23. The smallest absolute Gasteiger partial charge is 0.0840 e. The fraction of sp³-hybridized carbons (Fsp3) is 0.600. The Bertz CT molecular complexity index is 341. The molecule has 1 fully saturated rings. The van der Waals surface area contributed by atoms with E-state index in [9.17, 15) is 5.11 Å². The van der Waals surface area contributed by atoms with Crippen LogP contribution in [0.25, 0.3) is 0 Å². The molecule has 1 aromatic rings. The van der Waals surface area contributed by atoms with Crippen LogP contribution in [0.5, 0.6) is 0 Å². The van der Waals surface area contributed by atoms with E-state index in [0.717, 1.165) is 38.0 Å². The maximum absolute atomic E-state index is 10.3. The van der Waals surface area contributed by atoms with Gasteiger partial charge in [0.05, 0.1) is 19.3 Å². The Hall–Kier alpha value is -0.900. The van der Waals surface area contributed by atoms with Gasteiger partial charge in [-0.3, -0.25) is 0 Å². The predicted molar refractivity (Wildman–Crippen MR) is 70.5 cm³/mol. The third kappa shape index (κ3) is 3.55. The van der Waals surface area contributed by atoms with Crippen molar-refractivity contribution in [2.45, 2.75) is 25.4 Å². The van der Waals surface area contributed by atoms with Gasteiger partial charge in [-0.25, -0.2) is 0 Å². The maximum Gasteiger partial charge on any atom is 0.0840 e. The highest BCUT2D eigenvalue weighted by Crippen LogP contribution is 2.28. The SMILES string of the molecule is COCCc1ccc(C(O)C2CCCOC2)cc1. The number of aliphatic hydroxyl groups is 1. The van der Waals surface area contributed by atoms with Gasteiger partial charge in [0, 0.05) is 19.6 Å². The zero-order valence-corrected chi connectivity index (χ0v) is 11.0. The molecular weight excluding hydrogens is 228 g/mol. The van der Waals surface area contributed by atoms with Gasteiger partial charge in [0.25, 0.3) is 0 Å². The number of methoxy groups -OCH3 is 1. The first kappa shape index (κ1) is 13.5. The van der Waals surface area contributed by atoms with Gasteiger partial charge in [-0.2, -0.15) is 0 Å². The average molecular weight is 250 g/mol. The zero-order chi connectivity index (χ0) is 12.8. The first-order chi connectivity index (χ1) is 8.81. The summed E-state index contributed by atoms with van der Waals surface area (Å²) in [6.45, 7) is 2.24. The van der Waals surface area contributed by atoms with Gasteiger partial charge in [-0.1, -0.05) is 24.3 Å². The lowest BCUT2D eigenvalue weighted by atomic mass is 9.90. The van der Waals surface area contributed by atoms with Gasteiger partial charge in [-0.05, 0) is 30.4 Å². The predicted octanol–water partition coefficient (Wildman–Crippen LogP) is 2.34. The molecule has 0 aromatic heterocycles. The first-order valence-electron chi connectivity index (χ1n) is 6.65. The highest BCUT2D eigenvalue weighted by molar-refractivity contribution is 5.24. The molecule has 100 valence electrons. The van der Waals surface area contributed by atoms with Crippen molar-refractivity contribution >= 4 is 0 Å². The van der Waals surface area contributed by atoms with Crippen molar-refractivity contribution in [3.05, 3.63) is 35.4 Å². The molecule has 0 amide bonds. The molecule has 0 spiro atoms. The second kappa shape index (κ2) is 6.88. The van der Waals surface area contributed by atoms with Crippen molar-refractivity contribution in [2.75, 3.05) is 26.9 Å². The van der Waals surface area contributed by atoms with E-state index >= 15 is 0 Å². The fourth-order valence-corrected chi connectivity index (χ4v) is 2.39. The van der Waals surface area contributed by atoms with Crippen LogP contribution >= 0.6 is 0 Å². The summed E-state index contributed by atoms with van der Waals surface area (Å²) in [5.74, 6) is 0.239. The fourth-order valence-electron chi connectivity index (χ4n) is 2.39. The Kier molecular flexibility index (Phi) is 5.17. The van der Waals surface area contributed by atoms with Crippen LogP contribution < -0.4 is 0 Å². The summed E-state index contributed by atoms with van der Waals surface area (Å²) in [5.41, 5.74) is 2.24. The van der Waals surface area contributed by atoms with Gasteiger partial charge in [0.2, 0.25) is 0 Å². The van der Waals surface area contributed by atoms with E-state index < -0.39 is 6.10 Å². The summed E-state index contributed by atoms with van der Waals surface area (Å²) in [7, 11) is 1.71. The summed E-state index contributed by atoms with van der Waals surface area (Å²) in [6, 6.07) is 8.18. The summed E-state index contributed by atoms with van der Waals surface area (Å²) >= 11 is 0. The van der Waals surface area contributed by atoms with E-state index in [2.05, 4.69) is 12.1 Å². The van der Waals surface area contributed by atoms with Gasteiger partial charge in [0.1, 0.15) is 0 Å². The van der Waals surface area contributed by atoms with Gasteiger partial charge in [-0.15, -0.1) is 0 Å². The average Bonchev–Trinajstić information content (AvgIpc) is 2.46. The topological polar surface area (TPSA) is 38.7 Å². The number of hydrogen-bond donors (Lipinski definition) is 1. The van der Waals surface area contributed by atoms with Gasteiger partial charge < -0.3 is 14.6 Å². The standard InChI is InChI=1S/C15H22O3/c1-17-10-8-12-4-6-13(7-5-12)15(16)14-3-2-9-18-11-14/h4-7,14-16H,2-3,8-11H2,1H3. The zero-order valence-electron chi connectivity index (χ0n) is 11.0. The van der Waals surface area contributed by atoms with Crippen molar-refractivity contribution < 1.29 is 14.6 Å². The van der Waals surface area contributed by atoms with Crippen molar-refractivity contribution in [1.29, 1.82) is 0 Å². The molecule has 0 bridgehead atoms. The summed E-state index contributed by atoms with van der Waals surface area (Å²) in [6.07, 6.45) is 2.61. The highest BCUT2D eigenvalue weighted by atomic mass is 16.5. The minimum Gasteiger partial charge on any atom is -0.388 e. The van der Waals surface area contributed by atoms with Crippen LogP contribution in [0, 0.1) is 5.92 Å². The molecule has 1 N–H and O–H groups in total. The lowest BCUT2D eigenvalue weighted by molar-refractivity contribution is -0.00996. The van der Waals surface area contributed by atoms with Crippen molar-refractivity contribution in [3.8, 4) is 0 Å². The maximum atomic E-state index is 10.3. The number of rotatable bonds is 5. The summed E-state index contributed by atoms with van der Waals surface area (Å²) in [5, 5.41) is 10.3. The van der Waals surface area contributed by atoms with Crippen LogP contribution in [0.15, 0.2) is 24.3 Å². The minimum atomic E-state index is -0.401. The van der Waals surface area contributed by atoms with E-state index in [1.54, 1.807) is 7.11 Å². The molecule has 0 radical (unpaired) electrons. The third-order valence-electron chi connectivity index (χ3n) is 3.56. The van der Waals surface area contributed by atoms with E-state index in [0.29, 0.717) is 6.61 Å². The molecule has 0 aliphatic carbocycles. The van der Waals surface area contributed by atoms with Crippen molar-refractivity contribution in [3.63, 3.8) is 0 Å². The molecular formula is C15H22O3. The van der Waals surface area contributed by atoms with E-state index in [1.807, 2.05) is 12.1 Å². The molecule has 18 heavy (non-hydrogen) atoms. The van der Waals surface area contributed by atoms with Crippen LogP contribution in [0.3, 0.4) is 0 Å². The second-order valence-electron chi connectivity index (χ2n) is 4.91. The normalized spacial score (nSPS) is 21.8. The van der Waals surface area contributed by atoms with Crippen molar-refractivity contribution in [1.82, 2.24) is 0 Å². The van der Waals surface area contributed by atoms with Crippen molar-refractivity contribution in [2.24, 2.45) is 5.92 Å². The minimum absolute atomic E-state index is 0.239. The van der Waals surface area contributed by atoms with Gasteiger partial charge >= 0.3 is 0 Å². The number of ether oxygens (including phenoxy) is 2. The number of benzene rings is 1. The molecule has 1 aromatic carbocycles. The molecule has 2 atom stereocenters. The second-order valence-corrected chi connectivity index (χ2v) is 4.91. The quantitative estimate of drug-likeness (QED) is 0.871. The van der Waals surface area contributed by atoms with E-state index in [1.165, 1.54) is 5.56 Å². The Morgan fingerprint density at radius 1 is 1.39 bits per heavy atom. The summed E-state index contributed by atoms with van der Waals surface area (Å²) in [4.78, 5) is 0. The molecule has 0 saturated carbocycles. The molecule has 2 unspecified atom stereocenters. The van der Waals surface area contributed by atoms with Crippen LogP contribution in [0.2, 0.25) is 0 Å². The Balaban J connectivity index is 1.95. The lowest BCUT2D eigenvalue weighted by Gasteiger charge is -2.27. The number of hydrogen-bond acceptors (Lipinski definition) is 3. The lowest BCUT2D eigenvalue weighted by Crippen LogP contribution is -2.23. The van der Waals surface area contributed by atoms with Crippen LogP contribution in [-0.4, -0.2) is 32.0 Å². The van der Waals surface area contributed by atoms with Crippen LogP contribution in [0.1, 0.15) is 30.1 Å². The third-order valence-corrected chi connectivity index (χ3v) is 3.56. The molecule has 2 rings (SSSR count). The Labute approximate surface area is 109 Å². The number of aliphatic hydroxyl groups excluding tert-OH is 1. The van der Waals surface area contributed by atoms with E-state index in [4.69, 9.17) is 9.47 Å². The molecule has 3 nitrogen and oxygen atoms in total. The van der Waals surface area contributed by atoms with Crippen LogP contribution in [0.4, 0.5) is 0 Å². The van der Waals surface area contributed by atoms with E-state index in [-0.39, 0.29) is 5.92 Å². The van der Waals surface area contributed by atoms with Gasteiger partial charge in [0.15, 0.2) is 0 Å². The molecule has 1 saturated heterocycles. The molecule has 1 aliphatic rings. The monoisotopic (exact) mass is 250 g/mol. The van der Waals surface area contributed by atoms with Crippen LogP contribution in [-0.2, 0) is 15.9 Å². The Morgan fingerprint density at radius 2 is 2.17 bits per heavy atom. The molecule has 1 heterocycles. The molecule has 1 aliphatic heterocycles. The largest absolute Gasteiger partial charge is 0.388 e.